The molecule has 0 spiro atoms. The van der Waals surface area contributed by atoms with E-state index in [1.54, 1.807) is 6.92 Å². The summed E-state index contributed by atoms with van der Waals surface area (Å²) in [6.45, 7) is 1.75. The van der Waals surface area contributed by atoms with Gasteiger partial charge in [-0.1, -0.05) is 30.1 Å². The van der Waals surface area contributed by atoms with Gasteiger partial charge in [-0.2, -0.15) is 0 Å². The molecule has 1 atom stereocenters. The highest BCUT2D eigenvalue weighted by atomic mass is 35.5. The standard InChI is InChI=1S/C10H12Cl2O3S2/c1-2-16(13)5-6-17(14,15)10-7-8(11)3-4-9(10)12/h3-4,7H,2,5-6H2,1H3/t16-/m0/s1. The molecule has 96 valence electrons. The monoisotopic (exact) mass is 314 g/mol. The van der Waals surface area contributed by atoms with E-state index in [9.17, 15) is 12.6 Å². The molecule has 7 heteroatoms. The van der Waals surface area contributed by atoms with E-state index in [0.29, 0.717) is 10.8 Å². The average Bonchev–Trinajstić information content (AvgIpc) is 2.29. The van der Waals surface area contributed by atoms with Gasteiger partial charge in [-0.15, -0.1) is 0 Å². The van der Waals surface area contributed by atoms with E-state index in [2.05, 4.69) is 0 Å². The molecule has 0 amide bonds. The zero-order valence-electron chi connectivity index (χ0n) is 9.15. The normalized spacial score (nSPS) is 13.6. The Morgan fingerprint density at radius 3 is 2.53 bits per heavy atom. The van der Waals surface area contributed by atoms with Crippen LogP contribution in [0.5, 0.6) is 0 Å². The SMILES string of the molecule is CC[S@](=O)CCS(=O)(=O)c1cc(Cl)ccc1Cl. The van der Waals surface area contributed by atoms with Gasteiger partial charge in [-0.3, -0.25) is 4.21 Å². The van der Waals surface area contributed by atoms with E-state index in [1.807, 2.05) is 0 Å². The minimum absolute atomic E-state index is 0.000213. The number of sulfone groups is 1. The molecule has 0 aliphatic rings. The first-order valence-electron chi connectivity index (χ1n) is 4.89. The first kappa shape index (κ1) is 15.0. The van der Waals surface area contributed by atoms with Crippen molar-refractivity contribution in [3.05, 3.63) is 28.2 Å². The van der Waals surface area contributed by atoms with Crippen LogP contribution in [0.4, 0.5) is 0 Å². The first-order chi connectivity index (χ1) is 7.86. The van der Waals surface area contributed by atoms with Crippen molar-refractivity contribution in [3.8, 4) is 0 Å². The Hall–Kier alpha value is -0.100. The average molecular weight is 315 g/mol. The van der Waals surface area contributed by atoms with Crippen molar-refractivity contribution in [2.24, 2.45) is 0 Å². The lowest BCUT2D eigenvalue weighted by Gasteiger charge is -2.06. The molecule has 0 fully saturated rings. The highest BCUT2D eigenvalue weighted by molar-refractivity contribution is 7.93. The summed E-state index contributed by atoms with van der Waals surface area (Å²) in [5.74, 6) is 0.369. The number of benzene rings is 1. The molecule has 0 bridgehead atoms. The zero-order valence-corrected chi connectivity index (χ0v) is 12.3. The maximum Gasteiger partial charge on any atom is 0.180 e. The summed E-state index contributed by atoms with van der Waals surface area (Å²) in [5, 5.41) is 0.446. The Balaban J connectivity index is 2.97. The van der Waals surface area contributed by atoms with Gasteiger partial charge >= 0.3 is 0 Å². The minimum atomic E-state index is -3.53. The molecule has 0 heterocycles. The van der Waals surface area contributed by atoms with Gasteiger partial charge in [0.1, 0.15) is 0 Å². The van der Waals surface area contributed by atoms with Crippen molar-refractivity contribution in [2.45, 2.75) is 11.8 Å². The molecule has 1 aromatic carbocycles. The Morgan fingerprint density at radius 1 is 1.29 bits per heavy atom. The van der Waals surface area contributed by atoms with Crippen LogP contribution in [-0.4, -0.2) is 29.9 Å². The molecular formula is C10H12Cl2O3S2. The second-order valence-corrected chi connectivity index (χ2v) is 8.11. The lowest BCUT2D eigenvalue weighted by molar-refractivity contribution is 0.597. The molecule has 1 rings (SSSR count). The lowest BCUT2D eigenvalue weighted by Crippen LogP contribution is -2.15. The molecule has 3 nitrogen and oxygen atoms in total. The molecule has 0 saturated heterocycles. The molecule has 0 aliphatic heterocycles. The zero-order chi connectivity index (χ0) is 13.1. The molecule has 0 radical (unpaired) electrons. The largest absolute Gasteiger partial charge is 0.260 e. The van der Waals surface area contributed by atoms with Crippen molar-refractivity contribution in [2.75, 3.05) is 17.3 Å². The van der Waals surface area contributed by atoms with Crippen LogP contribution in [0.2, 0.25) is 10.0 Å². The van der Waals surface area contributed by atoms with Gasteiger partial charge in [0, 0.05) is 27.3 Å². The summed E-state index contributed by atoms with van der Waals surface area (Å²) >= 11 is 11.5. The summed E-state index contributed by atoms with van der Waals surface area (Å²) in [6.07, 6.45) is 0. The van der Waals surface area contributed by atoms with Crippen LogP contribution >= 0.6 is 23.2 Å². The van der Waals surface area contributed by atoms with E-state index in [0.717, 1.165) is 0 Å². The third kappa shape index (κ3) is 4.25. The minimum Gasteiger partial charge on any atom is -0.260 e. The van der Waals surface area contributed by atoms with Crippen LogP contribution in [0.3, 0.4) is 0 Å². The van der Waals surface area contributed by atoms with Gasteiger partial charge in [-0.25, -0.2) is 8.42 Å². The Labute approximate surface area is 113 Å². The van der Waals surface area contributed by atoms with E-state index < -0.39 is 20.6 Å². The Bertz CT molecular complexity index is 526. The maximum absolute atomic E-state index is 11.9. The predicted octanol–water partition coefficient (Wildman–Crippen LogP) is 2.54. The molecule has 0 aliphatic carbocycles. The third-order valence-corrected chi connectivity index (χ3v) is 6.12. The summed E-state index contributed by atoms with van der Waals surface area (Å²) in [5.41, 5.74) is 0. The highest BCUT2D eigenvalue weighted by Crippen LogP contribution is 2.25. The Morgan fingerprint density at radius 2 is 1.94 bits per heavy atom. The van der Waals surface area contributed by atoms with E-state index in [1.165, 1.54) is 18.2 Å². The van der Waals surface area contributed by atoms with Gasteiger partial charge in [0.05, 0.1) is 15.7 Å². The van der Waals surface area contributed by atoms with Crippen LogP contribution in [0, 0.1) is 0 Å². The lowest BCUT2D eigenvalue weighted by atomic mass is 10.4. The maximum atomic E-state index is 11.9. The quantitative estimate of drug-likeness (QED) is 0.839. The molecule has 0 unspecified atom stereocenters. The smallest absolute Gasteiger partial charge is 0.180 e. The number of halogens is 2. The number of hydrogen-bond donors (Lipinski definition) is 0. The van der Waals surface area contributed by atoms with Gasteiger partial charge in [0.25, 0.3) is 0 Å². The van der Waals surface area contributed by atoms with Crippen LogP contribution in [0.25, 0.3) is 0 Å². The van der Waals surface area contributed by atoms with Gasteiger partial charge in [0.15, 0.2) is 9.84 Å². The predicted molar refractivity (Wildman–Crippen MR) is 72.1 cm³/mol. The number of hydrogen-bond acceptors (Lipinski definition) is 3. The molecular weight excluding hydrogens is 303 g/mol. The van der Waals surface area contributed by atoms with Gasteiger partial charge in [-0.05, 0) is 18.2 Å². The Kier molecular flexibility index (Phi) is 5.44. The van der Waals surface area contributed by atoms with E-state index in [4.69, 9.17) is 23.2 Å². The van der Waals surface area contributed by atoms with Crippen LogP contribution in [0.15, 0.2) is 23.1 Å². The summed E-state index contributed by atoms with van der Waals surface area (Å²) in [4.78, 5) is -0.000213. The van der Waals surface area contributed by atoms with E-state index >= 15 is 0 Å². The second-order valence-electron chi connectivity index (χ2n) is 3.33. The number of rotatable bonds is 5. The summed E-state index contributed by atoms with van der Waals surface area (Å²) in [6, 6.07) is 4.27. The third-order valence-electron chi connectivity index (χ3n) is 2.13. The van der Waals surface area contributed by atoms with Crippen molar-refractivity contribution in [3.63, 3.8) is 0 Å². The summed E-state index contributed by atoms with van der Waals surface area (Å²) < 4.78 is 35.1. The van der Waals surface area contributed by atoms with Crippen LogP contribution < -0.4 is 0 Å². The fraction of sp³-hybridized carbons (Fsp3) is 0.400. The fourth-order valence-electron chi connectivity index (χ4n) is 1.17. The molecule has 1 aromatic rings. The highest BCUT2D eigenvalue weighted by Gasteiger charge is 2.19. The molecule has 0 N–H and O–H groups in total. The van der Waals surface area contributed by atoms with E-state index in [-0.39, 0.29) is 21.4 Å². The second kappa shape index (κ2) is 6.18. The van der Waals surface area contributed by atoms with Crippen LogP contribution in [0.1, 0.15) is 6.92 Å². The molecule has 0 aromatic heterocycles. The first-order valence-corrected chi connectivity index (χ1v) is 8.79. The van der Waals surface area contributed by atoms with Crippen molar-refractivity contribution >= 4 is 43.8 Å². The molecule has 17 heavy (non-hydrogen) atoms. The fourth-order valence-corrected chi connectivity index (χ4v) is 4.68. The molecule has 0 saturated carbocycles. The van der Waals surface area contributed by atoms with Crippen molar-refractivity contribution in [1.82, 2.24) is 0 Å². The summed E-state index contributed by atoms with van der Waals surface area (Å²) in [7, 11) is -4.64. The van der Waals surface area contributed by atoms with Gasteiger partial charge in [0.2, 0.25) is 0 Å². The van der Waals surface area contributed by atoms with Gasteiger partial charge < -0.3 is 0 Å². The van der Waals surface area contributed by atoms with Crippen molar-refractivity contribution in [1.29, 1.82) is 0 Å². The topological polar surface area (TPSA) is 51.2 Å². The van der Waals surface area contributed by atoms with Crippen molar-refractivity contribution < 1.29 is 12.6 Å². The van der Waals surface area contributed by atoms with Crippen LogP contribution in [-0.2, 0) is 20.6 Å².